The molecule has 1 aliphatic carbocycles. The average Bonchev–Trinajstić information content (AvgIpc) is 3.32. The summed E-state index contributed by atoms with van der Waals surface area (Å²) in [6, 6.07) is 7.65. The highest BCUT2D eigenvalue weighted by molar-refractivity contribution is 6.62. The highest BCUT2D eigenvalue weighted by atomic mass is 16.7. The van der Waals surface area contributed by atoms with Crippen molar-refractivity contribution in [1.29, 1.82) is 0 Å². The van der Waals surface area contributed by atoms with Crippen molar-refractivity contribution in [2.24, 2.45) is 5.92 Å². The Balaban J connectivity index is 1.40. The molecule has 1 aliphatic heterocycles. The van der Waals surface area contributed by atoms with E-state index in [0.717, 1.165) is 49.7 Å². The molecule has 2 aliphatic rings. The molecular formula is C26H42BNO5. The molecule has 3 rings (SSSR count). The smallest absolute Gasteiger partial charge is 0.494 e. The summed E-state index contributed by atoms with van der Waals surface area (Å²) in [7, 11) is -0.366. The van der Waals surface area contributed by atoms with Crippen LogP contribution in [0.25, 0.3) is 0 Å². The van der Waals surface area contributed by atoms with Crippen LogP contribution in [0.3, 0.4) is 0 Å². The Bertz CT molecular complexity index is 742. The van der Waals surface area contributed by atoms with Gasteiger partial charge in [-0.1, -0.05) is 26.0 Å². The fourth-order valence-corrected chi connectivity index (χ4v) is 4.23. The lowest BCUT2D eigenvalue weighted by atomic mass is 9.79. The first-order valence-electron chi connectivity index (χ1n) is 12.6. The normalized spacial score (nSPS) is 20.9. The van der Waals surface area contributed by atoms with Crippen LogP contribution in [0.1, 0.15) is 80.1 Å². The molecule has 0 unspecified atom stereocenters. The van der Waals surface area contributed by atoms with Gasteiger partial charge in [0, 0.05) is 0 Å². The second kappa shape index (κ2) is 11.2. The minimum absolute atomic E-state index is 0.102. The van der Waals surface area contributed by atoms with E-state index >= 15 is 0 Å². The molecule has 0 bridgehead atoms. The number of benzene rings is 1. The largest absolute Gasteiger partial charge is 0.494 e. The van der Waals surface area contributed by atoms with E-state index in [1.807, 2.05) is 24.3 Å². The van der Waals surface area contributed by atoms with Crippen LogP contribution in [0, 0.1) is 5.92 Å². The van der Waals surface area contributed by atoms with Crippen LogP contribution >= 0.6 is 0 Å². The van der Waals surface area contributed by atoms with Gasteiger partial charge < -0.3 is 24.1 Å². The van der Waals surface area contributed by atoms with Gasteiger partial charge in [-0.15, -0.1) is 0 Å². The van der Waals surface area contributed by atoms with Gasteiger partial charge >= 0.3 is 13.1 Å². The van der Waals surface area contributed by atoms with Crippen LogP contribution in [0.5, 0.6) is 5.75 Å². The number of nitrogens with one attached hydrogen (secondary N) is 1. The fraction of sp³-hybridized carbons (Fsp3) is 0.731. The molecule has 1 aromatic carbocycles. The van der Waals surface area contributed by atoms with Crippen LogP contribution < -0.4 is 15.5 Å². The van der Waals surface area contributed by atoms with Gasteiger partial charge in [-0.3, -0.25) is 4.79 Å². The molecule has 1 saturated carbocycles. The third-order valence-corrected chi connectivity index (χ3v) is 6.96. The second-order valence-corrected chi connectivity index (χ2v) is 10.8. The van der Waals surface area contributed by atoms with Gasteiger partial charge in [0.15, 0.2) is 0 Å². The van der Waals surface area contributed by atoms with Crippen LogP contribution in [-0.4, -0.2) is 49.6 Å². The Morgan fingerprint density at radius 3 is 2.27 bits per heavy atom. The first-order chi connectivity index (χ1) is 15.6. The van der Waals surface area contributed by atoms with E-state index in [9.17, 15) is 4.79 Å². The fourth-order valence-electron chi connectivity index (χ4n) is 4.23. The van der Waals surface area contributed by atoms with Gasteiger partial charge in [-0.2, -0.15) is 0 Å². The van der Waals surface area contributed by atoms with Crippen molar-refractivity contribution in [2.75, 3.05) is 13.2 Å². The van der Waals surface area contributed by atoms with Crippen LogP contribution in [-0.2, 0) is 18.8 Å². The van der Waals surface area contributed by atoms with Crippen molar-refractivity contribution < 1.29 is 23.6 Å². The zero-order valence-electron chi connectivity index (χ0n) is 21.3. The van der Waals surface area contributed by atoms with Gasteiger partial charge in [0.2, 0.25) is 0 Å². The number of rotatable bonds is 11. The van der Waals surface area contributed by atoms with E-state index < -0.39 is 0 Å². The first-order valence-corrected chi connectivity index (χ1v) is 12.6. The number of esters is 1. The van der Waals surface area contributed by atoms with Crippen LogP contribution in [0.15, 0.2) is 24.3 Å². The zero-order chi connectivity index (χ0) is 24.1. The van der Waals surface area contributed by atoms with Crippen molar-refractivity contribution in [3.05, 3.63) is 24.3 Å². The van der Waals surface area contributed by atoms with Crippen molar-refractivity contribution in [1.82, 2.24) is 5.32 Å². The standard InChI is InChI=1S/C26H42BNO5/c1-19(2)18-23(24(29)31-22-10-7-8-11-22)28-16-9-17-30-21-14-12-20(13-15-21)27-32-25(3,4)26(5,6)33-27/h12-15,19,22-23,28H,7-11,16-18H2,1-6H3/t23-/m0/s1. The second-order valence-electron chi connectivity index (χ2n) is 10.8. The molecule has 0 spiro atoms. The molecule has 1 saturated heterocycles. The summed E-state index contributed by atoms with van der Waals surface area (Å²) in [5.41, 5.74) is 0.285. The van der Waals surface area contributed by atoms with Gasteiger partial charge in [0.05, 0.1) is 17.8 Å². The van der Waals surface area contributed by atoms with E-state index in [1.165, 1.54) is 0 Å². The molecule has 1 heterocycles. The van der Waals surface area contributed by atoms with Crippen LogP contribution in [0.2, 0.25) is 0 Å². The number of carbonyl (C=O) groups is 1. The Hall–Kier alpha value is -1.57. The van der Waals surface area contributed by atoms with Crippen LogP contribution in [0.4, 0.5) is 0 Å². The lowest BCUT2D eigenvalue weighted by molar-refractivity contribution is -0.151. The molecule has 1 atom stereocenters. The molecule has 0 radical (unpaired) electrons. The summed E-state index contributed by atoms with van der Waals surface area (Å²) >= 11 is 0. The summed E-state index contributed by atoms with van der Waals surface area (Å²) in [6.45, 7) is 13.8. The monoisotopic (exact) mass is 459 g/mol. The maximum Gasteiger partial charge on any atom is 0.494 e. The molecule has 7 heteroatoms. The molecule has 1 aromatic rings. The third-order valence-electron chi connectivity index (χ3n) is 6.96. The SMILES string of the molecule is CC(C)C[C@H](NCCCOc1ccc(B2OC(C)(C)C(C)(C)O2)cc1)C(=O)OC1CCCC1. The quantitative estimate of drug-likeness (QED) is 0.303. The van der Waals surface area contributed by atoms with Crippen molar-refractivity contribution in [3.63, 3.8) is 0 Å². The minimum atomic E-state index is -0.366. The Morgan fingerprint density at radius 1 is 1.09 bits per heavy atom. The van der Waals surface area contributed by atoms with Crippen molar-refractivity contribution in [3.8, 4) is 5.75 Å². The van der Waals surface area contributed by atoms with Crippen molar-refractivity contribution >= 4 is 18.6 Å². The highest BCUT2D eigenvalue weighted by Crippen LogP contribution is 2.36. The molecule has 6 nitrogen and oxygen atoms in total. The molecule has 0 aromatic heterocycles. The third kappa shape index (κ3) is 7.21. The van der Waals surface area contributed by atoms with E-state index in [2.05, 4.69) is 46.9 Å². The number of hydrogen-bond donors (Lipinski definition) is 1. The molecule has 1 N–H and O–H groups in total. The van der Waals surface area contributed by atoms with Gasteiger partial charge in [0.25, 0.3) is 0 Å². The highest BCUT2D eigenvalue weighted by Gasteiger charge is 2.51. The molecule has 184 valence electrons. The first kappa shape index (κ1) is 26.0. The number of hydrogen-bond acceptors (Lipinski definition) is 6. The van der Waals surface area contributed by atoms with Gasteiger partial charge in [0.1, 0.15) is 17.9 Å². The summed E-state index contributed by atoms with van der Waals surface area (Å²) in [4.78, 5) is 12.6. The summed E-state index contributed by atoms with van der Waals surface area (Å²) in [6.07, 6.45) is 6.03. The maximum absolute atomic E-state index is 12.6. The topological polar surface area (TPSA) is 66.0 Å². The lowest BCUT2D eigenvalue weighted by Crippen LogP contribution is -2.41. The van der Waals surface area contributed by atoms with Gasteiger partial charge in [-0.25, -0.2) is 0 Å². The Morgan fingerprint density at radius 2 is 1.70 bits per heavy atom. The van der Waals surface area contributed by atoms with E-state index in [-0.39, 0.29) is 36.4 Å². The predicted octanol–water partition coefficient (Wildman–Crippen LogP) is 4.24. The molecule has 0 amide bonds. The summed E-state index contributed by atoms with van der Waals surface area (Å²) in [5, 5.41) is 3.38. The Kier molecular flexibility index (Phi) is 8.87. The van der Waals surface area contributed by atoms with Gasteiger partial charge in [-0.05, 0) is 96.3 Å². The molecule has 33 heavy (non-hydrogen) atoms. The zero-order valence-corrected chi connectivity index (χ0v) is 21.3. The minimum Gasteiger partial charge on any atom is -0.494 e. The average molecular weight is 459 g/mol. The number of carbonyl (C=O) groups excluding carboxylic acids is 1. The predicted molar refractivity (Wildman–Crippen MR) is 132 cm³/mol. The number of ether oxygens (including phenoxy) is 2. The van der Waals surface area contributed by atoms with E-state index in [4.69, 9.17) is 18.8 Å². The summed E-state index contributed by atoms with van der Waals surface area (Å²) in [5.74, 6) is 1.14. The van der Waals surface area contributed by atoms with E-state index in [1.54, 1.807) is 0 Å². The Labute approximate surface area is 200 Å². The lowest BCUT2D eigenvalue weighted by Gasteiger charge is -2.32. The van der Waals surface area contributed by atoms with Crippen molar-refractivity contribution in [2.45, 2.75) is 103 Å². The maximum atomic E-state index is 12.6. The summed E-state index contributed by atoms with van der Waals surface area (Å²) < 4.78 is 23.8. The molecule has 2 fully saturated rings. The van der Waals surface area contributed by atoms with E-state index in [0.29, 0.717) is 19.1 Å². The molecular weight excluding hydrogens is 417 g/mol.